The number of nitrogens with one attached hydrogen (secondary N) is 1. The van der Waals surface area contributed by atoms with Crippen molar-refractivity contribution in [3.63, 3.8) is 0 Å². The van der Waals surface area contributed by atoms with Gasteiger partial charge < -0.3 is 5.32 Å². The average molecular weight is 282 g/mol. The van der Waals surface area contributed by atoms with Crippen LogP contribution in [0.25, 0.3) is 0 Å². The summed E-state index contributed by atoms with van der Waals surface area (Å²) in [5, 5.41) is 8.25. The van der Waals surface area contributed by atoms with E-state index in [-0.39, 0.29) is 0 Å². The Kier molecular flexibility index (Phi) is 9.19. The lowest BCUT2D eigenvalue weighted by Crippen LogP contribution is -2.33. The molecule has 1 rings (SSSR count). The molecule has 0 aliphatic rings. The van der Waals surface area contributed by atoms with Crippen molar-refractivity contribution in [3.05, 3.63) is 22.4 Å². The van der Waals surface area contributed by atoms with Crippen molar-refractivity contribution in [2.75, 3.05) is 6.54 Å². The highest BCUT2D eigenvalue weighted by Crippen LogP contribution is 2.21. The Morgan fingerprint density at radius 2 is 2.05 bits per heavy atom. The quantitative estimate of drug-likeness (QED) is 0.583. The summed E-state index contributed by atoms with van der Waals surface area (Å²) in [6.07, 6.45) is 9.21. The number of rotatable bonds is 11. The van der Waals surface area contributed by atoms with Crippen molar-refractivity contribution in [3.8, 4) is 0 Å². The molecule has 0 radical (unpaired) electrons. The monoisotopic (exact) mass is 281 g/mol. The highest BCUT2D eigenvalue weighted by Gasteiger charge is 2.15. The van der Waals surface area contributed by atoms with Crippen LogP contribution < -0.4 is 5.32 Å². The molecular formula is C17H31NS. The maximum atomic E-state index is 3.75. The number of hydrogen-bond donors (Lipinski definition) is 1. The van der Waals surface area contributed by atoms with Crippen LogP contribution in [0, 0.1) is 5.92 Å². The molecule has 0 saturated heterocycles. The molecule has 0 aromatic carbocycles. The molecule has 1 aromatic rings. The second kappa shape index (κ2) is 10.4. The minimum absolute atomic E-state index is 0.663. The van der Waals surface area contributed by atoms with Gasteiger partial charge in [0.05, 0.1) is 0 Å². The van der Waals surface area contributed by atoms with Gasteiger partial charge in [-0.25, -0.2) is 0 Å². The molecule has 0 fully saturated rings. The first-order chi connectivity index (χ1) is 9.30. The fourth-order valence-electron chi connectivity index (χ4n) is 2.66. The Labute approximate surface area is 123 Å². The van der Waals surface area contributed by atoms with Crippen LogP contribution in [0.4, 0.5) is 0 Å². The van der Waals surface area contributed by atoms with Gasteiger partial charge in [0.25, 0.3) is 0 Å². The smallest absolute Gasteiger partial charge is 0.0110 e. The van der Waals surface area contributed by atoms with Gasteiger partial charge in [-0.3, -0.25) is 0 Å². The zero-order valence-electron chi connectivity index (χ0n) is 13.0. The summed E-state index contributed by atoms with van der Waals surface area (Å²) in [6, 6.07) is 2.94. The van der Waals surface area contributed by atoms with Crippen LogP contribution in [0.1, 0.15) is 64.9 Å². The first kappa shape index (κ1) is 16.7. The van der Waals surface area contributed by atoms with E-state index in [0.717, 1.165) is 12.5 Å². The van der Waals surface area contributed by atoms with E-state index < -0.39 is 0 Å². The molecule has 1 heterocycles. The van der Waals surface area contributed by atoms with E-state index in [9.17, 15) is 0 Å². The van der Waals surface area contributed by atoms with Gasteiger partial charge in [0.15, 0.2) is 0 Å². The highest BCUT2D eigenvalue weighted by molar-refractivity contribution is 7.07. The summed E-state index contributed by atoms with van der Waals surface area (Å²) in [6.45, 7) is 8.05. The van der Waals surface area contributed by atoms with Crippen LogP contribution in [0.3, 0.4) is 0 Å². The summed E-state index contributed by atoms with van der Waals surface area (Å²) < 4.78 is 0. The fraction of sp³-hybridized carbons (Fsp3) is 0.765. The second-order valence-electron chi connectivity index (χ2n) is 5.64. The predicted molar refractivity (Wildman–Crippen MR) is 88.0 cm³/mol. The molecular weight excluding hydrogens is 250 g/mol. The van der Waals surface area contributed by atoms with Gasteiger partial charge in [0.2, 0.25) is 0 Å². The summed E-state index contributed by atoms with van der Waals surface area (Å²) >= 11 is 1.82. The van der Waals surface area contributed by atoms with Gasteiger partial charge >= 0.3 is 0 Å². The number of unbranched alkanes of at least 4 members (excludes halogenated alkanes) is 1. The van der Waals surface area contributed by atoms with E-state index in [2.05, 4.69) is 42.9 Å². The Morgan fingerprint density at radius 1 is 1.21 bits per heavy atom. The minimum atomic E-state index is 0.663. The molecule has 0 bridgehead atoms. The first-order valence-electron chi connectivity index (χ1n) is 8.04. The van der Waals surface area contributed by atoms with Crippen LogP contribution in [0.5, 0.6) is 0 Å². The van der Waals surface area contributed by atoms with Gasteiger partial charge in [-0.2, -0.15) is 11.3 Å². The van der Waals surface area contributed by atoms with Crippen LogP contribution in [0.2, 0.25) is 0 Å². The molecule has 2 atom stereocenters. The van der Waals surface area contributed by atoms with Crippen LogP contribution in [-0.2, 0) is 6.42 Å². The zero-order chi connectivity index (χ0) is 13.9. The summed E-state index contributed by atoms with van der Waals surface area (Å²) in [4.78, 5) is 0. The lowest BCUT2D eigenvalue weighted by atomic mass is 9.90. The molecule has 1 nitrogen and oxygen atoms in total. The van der Waals surface area contributed by atoms with E-state index in [1.54, 1.807) is 0 Å². The summed E-state index contributed by atoms with van der Waals surface area (Å²) in [7, 11) is 0. The molecule has 2 unspecified atom stereocenters. The van der Waals surface area contributed by atoms with Crippen LogP contribution in [0.15, 0.2) is 16.8 Å². The number of hydrogen-bond acceptors (Lipinski definition) is 2. The van der Waals surface area contributed by atoms with Gasteiger partial charge in [-0.15, -0.1) is 0 Å². The molecule has 110 valence electrons. The lowest BCUT2D eigenvalue weighted by Gasteiger charge is -2.23. The first-order valence-corrected chi connectivity index (χ1v) is 8.98. The molecule has 0 aliphatic carbocycles. The van der Waals surface area contributed by atoms with Crippen molar-refractivity contribution in [2.24, 2.45) is 5.92 Å². The third-order valence-corrected chi connectivity index (χ3v) is 4.64. The van der Waals surface area contributed by atoms with E-state index in [0.29, 0.717) is 6.04 Å². The molecule has 19 heavy (non-hydrogen) atoms. The third kappa shape index (κ3) is 7.12. The molecule has 0 amide bonds. The Bertz CT molecular complexity index is 294. The van der Waals surface area contributed by atoms with Crippen molar-refractivity contribution in [1.29, 1.82) is 0 Å². The Balaban J connectivity index is 2.46. The third-order valence-electron chi connectivity index (χ3n) is 3.91. The fourth-order valence-corrected chi connectivity index (χ4v) is 3.35. The largest absolute Gasteiger partial charge is 0.314 e. The lowest BCUT2D eigenvalue weighted by molar-refractivity contribution is 0.347. The molecule has 1 N–H and O–H groups in total. The molecule has 0 saturated carbocycles. The minimum Gasteiger partial charge on any atom is -0.314 e. The SMILES string of the molecule is CCCCC(CC)CC(Cc1ccsc1)NCCC. The van der Waals surface area contributed by atoms with Gasteiger partial charge in [-0.05, 0) is 54.1 Å². The van der Waals surface area contributed by atoms with Gasteiger partial charge in [-0.1, -0.05) is 46.5 Å². The van der Waals surface area contributed by atoms with Gasteiger partial charge in [0.1, 0.15) is 0 Å². The zero-order valence-corrected chi connectivity index (χ0v) is 13.8. The van der Waals surface area contributed by atoms with Crippen LogP contribution in [-0.4, -0.2) is 12.6 Å². The molecule has 2 heteroatoms. The van der Waals surface area contributed by atoms with E-state index >= 15 is 0 Å². The molecule has 0 spiro atoms. The van der Waals surface area contributed by atoms with Crippen LogP contribution >= 0.6 is 11.3 Å². The Morgan fingerprint density at radius 3 is 2.63 bits per heavy atom. The van der Waals surface area contributed by atoms with Crippen molar-refractivity contribution >= 4 is 11.3 Å². The normalized spacial score (nSPS) is 14.5. The maximum Gasteiger partial charge on any atom is 0.0110 e. The van der Waals surface area contributed by atoms with E-state index in [1.807, 2.05) is 11.3 Å². The molecule has 1 aromatic heterocycles. The number of thiophene rings is 1. The Hall–Kier alpha value is -0.340. The van der Waals surface area contributed by atoms with E-state index in [4.69, 9.17) is 0 Å². The van der Waals surface area contributed by atoms with Gasteiger partial charge in [0, 0.05) is 6.04 Å². The summed E-state index contributed by atoms with van der Waals surface area (Å²) in [5.74, 6) is 0.896. The second-order valence-corrected chi connectivity index (χ2v) is 6.42. The topological polar surface area (TPSA) is 12.0 Å². The summed E-state index contributed by atoms with van der Waals surface area (Å²) in [5.41, 5.74) is 1.50. The van der Waals surface area contributed by atoms with Crippen molar-refractivity contribution < 1.29 is 0 Å². The average Bonchev–Trinajstić information content (AvgIpc) is 2.93. The highest BCUT2D eigenvalue weighted by atomic mass is 32.1. The predicted octanol–water partition coefficient (Wildman–Crippen LogP) is 5.27. The standard InChI is InChI=1S/C17H31NS/c1-4-7-8-15(6-3)12-17(18-10-5-2)13-16-9-11-19-14-16/h9,11,14-15,17-18H,4-8,10,12-13H2,1-3H3. The van der Waals surface area contributed by atoms with Crippen molar-refractivity contribution in [2.45, 2.75) is 71.8 Å². The van der Waals surface area contributed by atoms with Crippen molar-refractivity contribution in [1.82, 2.24) is 5.32 Å². The molecule has 0 aliphatic heterocycles. The van der Waals surface area contributed by atoms with E-state index in [1.165, 1.54) is 50.5 Å². The maximum absolute atomic E-state index is 3.75.